The number of hydrogen-bond donors (Lipinski definition) is 1. The summed E-state index contributed by atoms with van der Waals surface area (Å²) in [4.78, 5) is 24.2. The van der Waals surface area contributed by atoms with Crippen molar-refractivity contribution in [2.75, 3.05) is 17.7 Å². The molecular formula is C21H21ClN4O3S. The van der Waals surface area contributed by atoms with Crippen LogP contribution in [0.1, 0.15) is 30.1 Å². The number of nitrogens with zero attached hydrogens (tertiary/aromatic N) is 3. The first-order valence-electron chi connectivity index (χ1n) is 9.42. The lowest BCUT2D eigenvalue weighted by molar-refractivity contribution is -0.113. The molecular weight excluding hydrogens is 424 g/mol. The zero-order valence-electron chi connectivity index (χ0n) is 16.4. The molecule has 3 rings (SSSR count). The molecule has 0 aliphatic heterocycles. The van der Waals surface area contributed by atoms with Crippen molar-refractivity contribution in [1.29, 1.82) is 0 Å². The van der Waals surface area contributed by atoms with Crippen LogP contribution in [0.5, 0.6) is 0 Å². The summed E-state index contributed by atoms with van der Waals surface area (Å²) in [6, 6.07) is 13.9. The Morgan fingerprint density at radius 2 is 2.00 bits per heavy atom. The molecule has 9 heteroatoms. The number of thioether (sulfide) groups is 1. The van der Waals surface area contributed by atoms with Gasteiger partial charge in [0.15, 0.2) is 5.16 Å². The second-order valence-corrected chi connectivity index (χ2v) is 7.75. The highest BCUT2D eigenvalue weighted by molar-refractivity contribution is 7.99. The van der Waals surface area contributed by atoms with Gasteiger partial charge in [-0.1, -0.05) is 42.8 Å². The number of aromatic nitrogens is 3. The molecule has 0 aliphatic rings. The summed E-state index contributed by atoms with van der Waals surface area (Å²) >= 11 is 7.30. The molecule has 30 heavy (non-hydrogen) atoms. The Bertz CT molecular complexity index is 1010. The number of benzene rings is 2. The highest BCUT2D eigenvalue weighted by atomic mass is 35.5. The van der Waals surface area contributed by atoms with Crippen LogP contribution in [0.3, 0.4) is 0 Å². The average Bonchev–Trinajstić information content (AvgIpc) is 3.22. The lowest BCUT2D eigenvalue weighted by atomic mass is 10.2. The van der Waals surface area contributed by atoms with Crippen LogP contribution in [0.15, 0.2) is 60.0 Å². The fourth-order valence-electron chi connectivity index (χ4n) is 2.54. The second-order valence-electron chi connectivity index (χ2n) is 6.37. The second kappa shape index (κ2) is 10.8. The van der Waals surface area contributed by atoms with E-state index in [-0.39, 0.29) is 17.6 Å². The van der Waals surface area contributed by atoms with Gasteiger partial charge in [-0.3, -0.25) is 9.36 Å². The van der Waals surface area contributed by atoms with Gasteiger partial charge in [0.25, 0.3) is 0 Å². The van der Waals surface area contributed by atoms with Crippen LogP contribution in [0.4, 0.5) is 5.69 Å². The van der Waals surface area contributed by atoms with E-state index in [0.29, 0.717) is 28.0 Å². The Morgan fingerprint density at radius 3 is 2.73 bits per heavy atom. The van der Waals surface area contributed by atoms with Crippen molar-refractivity contribution < 1.29 is 14.3 Å². The number of hydrogen-bond acceptors (Lipinski definition) is 6. The zero-order valence-corrected chi connectivity index (χ0v) is 17.9. The standard InChI is InChI=1S/C21H21ClN4O3S/c1-2-3-11-29-20(28)15-7-9-17(10-8-15)24-19(27)13-30-21-25-23-14-26(21)18-6-4-5-16(22)12-18/h4-10,12,14H,2-3,11,13H2,1H3,(H,24,27). The average molecular weight is 445 g/mol. The summed E-state index contributed by atoms with van der Waals surface area (Å²) in [5.74, 6) is -0.406. The Morgan fingerprint density at radius 1 is 1.20 bits per heavy atom. The number of amides is 1. The maximum absolute atomic E-state index is 12.3. The van der Waals surface area contributed by atoms with E-state index >= 15 is 0 Å². The predicted octanol–water partition coefficient (Wildman–Crippen LogP) is 4.61. The molecule has 0 atom stereocenters. The maximum atomic E-state index is 12.3. The van der Waals surface area contributed by atoms with Gasteiger partial charge in [-0.15, -0.1) is 10.2 Å². The molecule has 3 aromatic rings. The van der Waals surface area contributed by atoms with E-state index in [1.165, 1.54) is 11.8 Å². The number of rotatable bonds is 9. The van der Waals surface area contributed by atoms with Crippen molar-refractivity contribution in [3.05, 3.63) is 65.4 Å². The molecule has 0 saturated heterocycles. The summed E-state index contributed by atoms with van der Waals surface area (Å²) in [7, 11) is 0. The van der Waals surface area contributed by atoms with Crippen molar-refractivity contribution in [2.24, 2.45) is 0 Å². The maximum Gasteiger partial charge on any atom is 0.338 e. The first-order chi connectivity index (χ1) is 14.6. The van der Waals surface area contributed by atoms with E-state index in [4.69, 9.17) is 16.3 Å². The first-order valence-corrected chi connectivity index (χ1v) is 10.8. The quantitative estimate of drug-likeness (QED) is 0.294. The molecule has 1 heterocycles. The minimum Gasteiger partial charge on any atom is -0.462 e. The molecule has 1 amide bonds. The van der Waals surface area contributed by atoms with Gasteiger partial charge in [0.1, 0.15) is 6.33 Å². The van der Waals surface area contributed by atoms with Gasteiger partial charge in [-0.25, -0.2) is 4.79 Å². The summed E-state index contributed by atoms with van der Waals surface area (Å²) in [6.07, 6.45) is 3.37. The molecule has 0 spiro atoms. The first kappa shape index (κ1) is 21.9. The van der Waals surface area contributed by atoms with Crippen molar-refractivity contribution in [1.82, 2.24) is 14.8 Å². The van der Waals surface area contributed by atoms with E-state index in [1.807, 2.05) is 19.1 Å². The van der Waals surface area contributed by atoms with Crippen molar-refractivity contribution in [3.8, 4) is 5.69 Å². The molecule has 0 fully saturated rings. The van der Waals surface area contributed by atoms with Crippen LogP contribution in [-0.2, 0) is 9.53 Å². The molecule has 0 bridgehead atoms. The van der Waals surface area contributed by atoms with Gasteiger partial charge < -0.3 is 10.1 Å². The number of anilines is 1. The number of halogens is 1. The SMILES string of the molecule is CCCCOC(=O)c1ccc(NC(=O)CSc2nncn2-c2cccc(Cl)c2)cc1. The van der Waals surface area contributed by atoms with Crippen LogP contribution < -0.4 is 5.32 Å². The Kier molecular flexibility index (Phi) is 7.87. The van der Waals surface area contributed by atoms with Crippen LogP contribution in [0.2, 0.25) is 5.02 Å². The topological polar surface area (TPSA) is 86.1 Å². The third kappa shape index (κ3) is 6.08. The monoisotopic (exact) mass is 444 g/mol. The van der Waals surface area contributed by atoms with E-state index in [1.54, 1.807) is 47.3 Å². The van der Waals surface area contributed by atoms with Gasteiger partial charge in [0, 0.05) is 10.7 Å². The smallest absolute Gasteiger partial charge is 0.338 e. The Balaban J connectivity index is 1.53. The van der Waals surface area contributed by atoms with E-state index in [9.17, 15) is 9.59 Å². The minimum atomic E-state index is -0.364. The van der Waals surface area contributed by atoms with Gasteiger partial charge in [0.2, 0.25) is 5.91 Å². The zero-order chi connectivity index (χ0) is 21.3. The molecule has 156 valence electrons. The summed E-state index contributed by atoms with van der Waals surface area (Å²) < 4.78 is 6.94. The fourth-order valence-corrected chi connectivity index (χ4v) is 3.45. The van der Waals surface area contributed by atoms with Crippen LogP contribution >= 0.6 is 23.4 Å². The third-order valence-electron chi connectivity index (χ3n) is 4.07. The minimum absolute atomic E-state index is 0.153. The normalized spacial score (nSPS) is 10.6. The predicted molar refractivity (Wildman–Crippen MR) is 117 cm³/mol. The van der Waals surface area contributed by atoms with Crippen molar-refractivity contribution >= 4 is 40.9 Å². The van der Waals surface area contributed by atoms with Crippen molar-refractivity contribution in [3.63, 3.8) is 0 Å². The lowest BCUT2D eigenvalue weighted by Crippen LogP contribution is -2.14. The number of carbonyl (C=O) groups excluding carboxylic acids is 2. The number of carbonyl (C=O) groups is 2. The van der Waals surface area contributed by atoms with Crippen LogP contribution in [0, 0.1) is 0 Å². The van der Waals surface area contributed by atoms with Gasteiger partial charge >= 0.3 is 5.97 Å². The summed E-state index contributed by atoms with van der Waals surface area (Å²) in [6.45, 7) is 2.44. The summed E-state index contributed by atoms with van der Waals surface area (Å²) in [5.41, 5.74) is 1.87. The van der Waals surface area contributed by atoms with Gasteiger partial charge in [-0.05, 0) is 48.9 Å². The number of ether oxygens (including phenoxy) is 1. The molecule has 0 saturated carbocycles. The molecule has 0 radical (unpaired) electrons. The highest BCUT2D eigenvalue weighted by Crippen LogP contribution is 2.22. The van der Waals surface area contributed by atoms with E-state index in [0.717, 1.165) is 18.5 Å². The Hall–Kier alpha value is -2.84. The Labute approximate surface area is 183 Å². The molecule has 0 aliphatic carbocycles. The third-order valence-corrected chi connectivity index (χ3v) is 5.25. The van der Waals surface area contributed by atoms with E-state index < -0.39 is 0 Å². The molecule has 2 aromatic carbocycles. The highest BCUT2D eigenvalue weighted by Gasteiger charge is 2.12. The van der Waals surface area contributed by atoms with E-state index in [2.05, 4.69) is 15.5 Å². The van der Waals surface area contributed by atoms with Gasteiger partial charge in [-0.2, -0.15) is 0 Å². The molecule has 0 unspecified atom stereocenters. The van der Waals surface area contributed by atoms with Crippen LogP contribution in [-0.4, -0.2) is 39.0 Å². The van der Waals surface area contributed by atoms with Gasteiger partial charge in [0.05, 0.1) is 23.6 Å². The number of unbranched alkanes of at least 4 members (excludes halogenated alkanes) is 1. The molecule has 1 N–H and O–H groups in total. The summed E-state index contributed by atoms with van der Waals surface area (Å²) in [5, 5.41) is 12.0. The largest absolute Gasteiger partial charge is 0.462 e. The van der Waals surface area contributed by atoms with Crippen molar-refractivity contribution in [2.45, 2.75) is 24.9 Å². The fraction of sp³-hybridized carbons (Fsp3) is 0.238. The molecule has 7 nitrogen and oxygen atoms in total. The number of esters is 1. The number of nitrogens with one attached hydrogen (secondary N) is 1. The lowest BCUT2D eigenvalue weighted by Gasteiger charge is -2.08. The van der Waals surface area contributed by atoms with Crippen LogP contribution in [0.25, 0.3) is 5.69 Å². The molecule has 1 aromatic heterocycles.